The first-order valence-corrected chi connectivity index (χ1v) is 6.01. The van der Waals surface area contributed by atoms with E-state index in [1.807, 2.05) is 27.7 Å². The van der Waals surface area contributed by atoms with E-state index in [0.717, 1.165) is 6.07 Å². The molecular weight excluding hydrogens is 220 g/mol. The second-order valence-electron chi connectivity index (χ2n) is 4.38. The molecule has 1 heterocycles. The van der Waals surface area contributed by atoms with Crippen LogP contribution in [0.2, 0.25) is 0 Å². The molecule has 17 heavy (non-hydrogen) atoms. The Balaban J connectivity index is 3.55. The molecule has 1 aromatic heterocycles. The van der Waals surface area contributed by atoms with Gasteiger partial charge in [0.1, 0.15) is 0 Å². The Labute approximate surface area is 100 Å². The molecule has 1 rings (SSSR count). The first-order chi connectivity index (χ1) is 7.93. The molecule has 96 valence electrons. The van der Waals surface area contributed by atoms with Crippen molar-refractivity contribution in [3.63, 3.8) is 0 Å². The van der Waals surface area contributed by atoms with Crippen molar-refractivity contribution >= 4 is 0 Å². The van der Waals surface area contributed by atoms with E-state index in [9.17, 15) is 14.7 Å². The van der Waals surface area contributed by atoms with E-state index in [2.05, 4.69) is 0 Å². The van der Waals surface area contributed by atoms with Crippen LogP contribution in [0.5, 0.6) is 5.88 Å². The quantitative estimate of drug-likeness (QED) is 0.870. The Morgan fingerprint density at radius 3 is 2.06 bits per heavy atom. The van der Waals surface area contributed by atoms with Crippen LogP contribution in [0.4, 0.5) is 0 Å². The van der Waals surface area contributed by atoms with Crippen molar-refractivity contribution in [2.24, 2.45) is 0 Å². The summed E-state index contributed by atoms with van der Waals surface area (Å²) in [4.78, 5) is 23.9. The van der Waals surface area contributed by atoms with Crippen LogP contribution in [-0.2, 0) is 0 Å². The maximum Gasteiger partial charge on any atom is 0.334 e. The first kappa shape index (κ1) is 13.5. The van der Waals surface area contributed by atoms with Crippen molar-refractivity contribution < 1.29 is 5.11 Å². The summed E-state index contributed by atoms with van der Waals surface area (Å²) in [6, 6.07) is 0.823. The van der Waals surface area contributed by atoms with E-state index in [1.165, 1.54) is 9.13 Å². The molecule has 5 nitrogen and oxygen atoms in total. The van der Waals surface area contributed by atoms with Gasteiger partial charge in [-0.25, -0.2) is 4.79 Å². The summed E-state index contributed by atoms with van der Waals surface area (Å²) >= 11 is 0. The lowest BCUT2D eigenvalue weighted by molar-refractivity contribution is 0.345. The van der Waals surface area contributed by atoms with Crippen LogP contribution in [0.3, 0.4) is 0 Å². The van der Waals surface area contributed by atoms with Crippen molar-refractivity contribution in [2.75, 3.05) is 0 Å². The van der Waals surface area contributed by atoms with Crippen LogP contribution in [0.25, 0.3) is 0 Å². The van der Waals surface area contributed by atoms with Gasteiger partial charge in [0.15, 0.2) is 0 Å². The number of aromatic hydroxyl groups is 1. The molecule has 0 bridgehead atoms. The minimum atomic E-state index is -0.443. The van der Waals surface area contributed by atoms with E-state index in [1.54, 1.807) is 0 Å². The third kappa shape index (κ3) is 2.43. The average Bonchev–Trinajstić information content (AvgIpc) is 2.27. The zero-order valence-corrected chi connectivity index (χ0v) is 10.8. The van der Waals surface area contributed by atoms with Gasteiger partial charge in [-0.05, 0) is 26.7 Å². The molecule has 2 unspecified atom stereocenters. The van der Waals surface area contributed by atoms with Gasteiger partial charge in [-0.2, -0.15) is 0 Å². The molecule has 0 amide bonds. The first-order valence-electron chi connectivity index (χ1n) is 6.01. The standard InChI is InChI=1S/C12H20N2O3/c1-5-8(3)13-10(15)7-11(16)14(12(13)17)9(4)6-2/h7-9,15H,5-6H2,1-4H3. The zero-order valence-electron chi connectivity index (χ0n) is 10.8. The summed E-state index contributed by atoms with van der Waals surface area (Å²) in [5.41, 5.74) is -0.875. The summed E-state index contributed by atoms with van der Waals surface area (Å²) in [5.74, 6) is -0.256. The van der Waals surface area contributed by atoms with Crippen LogP contribution < -0.4 is 11.2 Å². The van der Waals surface area contributed by atoms with Crippen molar-refractivity contribution in [2.45, 2.75) is 52.6 Å². The molecule has 0 fully saturated rings. The van der Waals surface area contributed by atoms with Gasteiger partial charge in [0.05, 0.1) is 6.07 Å². The van der Waals surface area contributed by atoms with Crippen LogP contribution in [0.1, 0.15) is 52.6 Å². The van der Waals surface area contributed by atoms with Crippen molar-refractivity contribution in [1.29, 1.82) is 0 Å². The third-order valence-corrected chi connectivity index (χ3v) is 3.21. The second kappa shape index (κ2) is 5.21. The Bertz CT molecular complexity index is 501. The fourth-order valence-electron chi connectivity index (χ4n) is 1.74. The van der Waals surface area contributed by atoms with E-state index in [4.69, 9.17) is 0 Å². The Hall–Kier alpha value is -1.52. The fraction of sp³-hybridized carbons (Fsp3) is 0.667. The summed E-state index contributed by atoms with van der Waals surface area (Å²) in [5, 5.41) is 9.70. The largest absolute Gasteiger partial charge is 0.494 e. The van der Waals surface area contributed by atoms with E-state index >= 15 is 0 Å². The lowest BCUT2D eigenvalue weighted by Gasteiger charge is -2.19. The Morgan fingerprint density at radius 2 is 1.59 bits per heavy atom. The lowest BCUT2D eigenvalue weighted by atomic mass is 10.2. The minimum Gasteiger partial charge on any atom is -0.494 e. The molecule has 0 saturated carbocycles. The molecule has 1 N–H and O–H groups in total. The molecule has 1 aromatic rings. The summed E-state index contributed by atoms with van der Waals surface area (Å²) in [7, 11) is 0. The van der Waals surface area contributed by atoms with Gasteiger partial charge in [0.25, 0.3) is 5.56 Å². The average molecular weight is 240 g/mol. The second-order valence-corrected chi connectivity index (χ2v) is 4.38. The molecule has 0 aromatic carbocycles. The number of rotatable bonds is 4. The zero-order chi connectivity index (χ0) is 13.2. The van der Waals surface area contributed by atoms with E-state index in [-0.39, 0.29) is 18.0 Å². The van der Waals surface area contributed by atoms with Crippen LogP contribution in [-0.4, -0.2) is 14.2 Å². The molecule has 5 heteroatoms. The van der Waals surface area contributed by atoms with Crippen molar-refractivity contribution in [3.8, 4) is 5.88 Å². The number of hydrogen-bond acceptors (Lipinski definition) is 3. The normalized spacial score (nSPS) is 14.6. The van der Waals surface area contributed by atoms with E-state index < -0.39 is 11.2 Å². The number of hydrogen-bond donors (Lipinski definition) is 1. The van der Waals surface area contributed by atoms with Crippen molar-refractivity contribution in [3.05, 3.63) is 26.9 Å². The van der Waals surface area contributed by atoms with Gasteiger partial charge < -0.3 is 5.11 Å². The molecule has 0 aliphatic rings. The number of nitrogens with zero attached hydrogens (tertiary/aromatic N) is 2. The molecule has 0 spiro atoms. The van der Waals surface area contributed by atoms with E-state index in [0.29, 0.717) is 12.8 Å². The van der Waals surface area contributed by atoms with Gasteiger partial charge in [-0.3, -0.25) is 13.9 Å². The molecule has 2 atom stereocenters. The fourth-order valence-corrected chi connectivity index (χ4v) is 1.74. The minimum absolute atomic E-state index is 0.126. The Kier molecular flexibility index (Phi) is 4.15. The predicted molar refractivity (Wildman–Crippen MR) is 66.6 cm³/mol. The lowest BCUT2D eigenvalue weighted by Crippen LogP contribution is -2.41. The summed E-state index contributed by atoms with van der Waals surface area (Å²) in [6.07, 6.45) is 1.41. The third-order valence-electron chi connectivity index (χ3n) is 3.21. The Morgan fingerprint density at radius 1 is 1.12 bits per heavy atom. The molecular formula is C12H20N2O3. The van der Waals surface area contributed by atoms with Gasteiger partial charge in [0.2, 0.25) is 5.88 Å². The highest BCUT2D eigenvalue weighted by Crippen LogP contribution is 2.15. The summed E-state index contributed by atoms with van der Waals surface area (Å²) < 4.78 is 2.47. The van der Waals surface area contributed by atoms with Gasteiger partial charge in [0, 0.05) is 12.1 Å². The topological polar surface area (TPSA) is 64.2 Å². The maximum atomic E-state index is 12.2. The van der Waals surface area contributed by atoms with Gasteiger partial charge in [-0.1, -0.05) is 13.8 Å². The van der Waals surface area contributed by atoms with Crippen LogP contribution in [0, 0.1) is 0 Å². The maximum absolute atomic E-state index is 12.2. The summed E-state index contributed by atoms with van der Waals surface area (Å²) in [6.45, 7) is 7.50. The highest BCUT2D eigenvalue weighted by Gasteiger charge is 2.17. The monoisotopic (exact) mass is 240 g/mol. The number of aromatic nitrogens is 2. The van der Waals surface area contributed by atoms with Crippen molar-refractivity contribution in [1.82, 2.24) is 9.13 Å². The SMILES string of the molecule is CCC(C)n1c(O)cc(=O)n(C(C)CC)c1=O. The highest BCUT2D eigenvalue weighted by molar-refractivity contribution is 5.08. The van der Waals surface area contributed by atoms with Gasteiger partial charge in [-0.15, -0.1) is 0 Å². The van der Waals surface area contributed by atoms with Gasteiger partial charge >= 0.3 is 5.69 Å². The predicted octanol–water partition coefficient (Wildman–Crippen LogP) is 1.66. The van der Waals surface area contributed by atoms with Crippen LogP contribution >= 0.6 is 0 Å². The van der Waals surface area contributed by atoms with Crippen LogP contribution in [0.15, 0.2) is 15.7 Å². The molecule has 0 saturated heterocycles. The molecule has 0 aliphatic carbocycles. The molecule has 0 aliphatic heterocycles. The molecule has 0 radical (unpaired) electrons. The highest BCUT2D eigenvalue weighted by atomic mass is 16.3. The smallest absolute Gasteiger partial charge is 0.334 e.